The van der Waals surface area contributed by atoms with Gasteiger partial charge in [-0.05, 0) is 57.3 Å². The maximum absolute atomic E-state index is 13.4. The van der Waals surface area contributed by atoms with Crippen molar-refractivity contribution in [3.8, 4) is 11.5 Å². The molecular weight excluding hydrogens is 388 g/mol. The molecule has 1 saturated heterocycles. The number of ether oxygens (including phenoxy) is 2. The lowest BCUT2D eigenvalue weighted by molar-refractivity contribution is -0.134. The first-order chi connectivity index (χ1) is 15.2. The molecule has 0 unspecified atom stereocenters. The number of piperidine rings is 1. The van der Waals surface area contributed by atoms with Gasteiger partial charge >= 0.3 is 0 Å². The van der Waals surface area contributed by atoms with Crippen LogP contribution in [0.25, 0.3) is 0 Å². The van der Waals surface area contributed by atoms with Crippen molar-refractivity contribution in [2.45, 2.75) is 58.0 Å². The van der Waals surface area contributed by atoms with Gasteiger partial charge in [0.1, 0.15) is 0 Å². The van der Waals surface area contributed by atoms with Crippen LogP contribution in [0.4, 0.5) is 0 Å². The Balaban J connectivity index is 1.44. The number of fused-ring (bicyclic) bond motifs is 1. The molecule has 2 heterocycles. The predicted molar refractivity (Wildman–Crippen MR) is 122 cm³/mol. The van der Waals surface area contributed by atoms with Gasteiger partial charge in [-0.3, -0.25) is 4.79 Å². The number of hydrogen-bond acceptors (Lipinski definition) is 4. The third-order valence-electron chi connectivity index (χ3n) is 6.46. The molecule has 1 fully saturated rings. The van der Waals surface area contributed by atoms with E-state index in [0.717, 1.165) is 49.5 Å². The second-order valence-corrected chi connectivity index (χ2v) is 8.70. The van der Waals surface area contributed by atoms with E-state index in [1.807, 2.05) is 29.2 Å². The van der Waals surface area contributed by atoms with Crippen LogP contribution in [0.1, 0.15) is 50.2 Å². The van der Waals surface area contributed by atoms with Gasteiger partial charge in [-0.2, -0.15) is 0 Å². The van der Waals surface area contributed by atoms with Crippen LogP contribution in [0, 0.1) is 0 Å². The Bertz CT molecular complexity index is 849. The van der Waals surface area contributed by atoms with E-state index >= 15 is 0 Å². The zero-order valence-corrected chi connectivity index (χ0v) is 18.6. The average molecular weight is 423 g/mol. The molecule has 2 aromatic carbocycles. The SMILES string of the molecule is C[C@@H](CCc1ccccc1)N(Cc1cccc2c1OCO2)C(=O)CCN1CCCCC1. The molecule has 0 aliphatic carbocycles. The first-order valence-electron chi connectivity index (χ1n) is 11.6. The Hall–Kier alpha value is -2.53. The molecule has 0 N–H and O–H groups in total. The molecule has 31 heavy (non-hydrogen) atoms. The number of rotatable bonds is 9. The van der Waals surface area contributed by atoms with Crippen LogP contribution in [-0.4, -0.2) is 48.2 Å². The summed E-state index contributed by atoms with van der Waals surface area (Å²) < 4.78 is 11.2. The van der Waals surface area contributed by atoms with E-state index < -0.39 is 0 Å². The fourth-order valence-electron chi connectivity index (χ4n) is 4.54. The summed E-state index contributed by atoms with van der Waals surface area (Å²) in [6.45, 7) is 6.07. The maximum Gasteiger partial charge on any atom is 0.231 e. The van der Waals surface area contributed by atoms with Gasteiger partial charge < -0.3 is 19.3 Å². The molecule has 5 heteroatoms. The van der Waals surface area contributed by atoms with Gasteiger partial charge in [0.2, 0.25) is 12.7 Å². The molecule has 0 aromatic heterocycles. The van der Waals surface area contributed by atoms with E-state index in [0.29, 0.717) is 13.0 Å². The highest BCUT2D eigenvalue weighted by atomic mass is 16.7. The molecule has 0 radical (unpaired) electrons. The summed E-state index contributed by atoms with van der Waals surface area (Å²) >= 11 is 0. The van der Waals surface area contributed by atoms with Gasteiger partial charge in [-0.1, -0.05) is 48.9 Å². The third kappa shape index (κ3) is 5.79. The van der Waals surface area contributed by atoms with Gasteiger partial charge in [-0.25, -0.2) is 0 Å². The Labute approximate surface area is 185 Å². The normalized spacial score (nSPS) is 16.8. The number of nitrogens with zero attached hydrogens (tertiary/aromatic N) is 2. The monoisotopic (exact) mass is 422 g/mol. The molecule has 1 atom stereocenters. The highest BCUT2D eigenvalue weighted by molar-refractivity contribution is 5.77. The van der Waals surface area contributed by atoms with Crippen LogP contribution >= 0.6 is 0 Å². The Morgan fingerprint density at radius 1 is 1.03 bits per heavy atom. The highest BCUT2D eigenvalue weighted by Crippen LogP contribution is 2.36. The van der Waals surface area contributed by atoms with Gasteiger partial charge in [0.05, 0.1) is 0 Å². The van der Waals surface area contributed by atoms with Crippen molar-refractivity contribution in [3.05, 3.63) is 59.7 Å². The molecule has 2 aromatic rings. The quantitative estimate of drug-likeness (QED) is 0.590. The number of benzene rings is 2. The predicted octanol–water partition coefficient (Wildman–Crippen LogP) is 4.64. The topological polar surface area (TPSA) is 42.0 Å². The minimum absolute atomic E-state index is 0.146. The van der Waals surface area contributed by atoms with Crippen LogP contribution in [0.15, 0.2) is 48.5 Å². The van der Waals surface area contributed by atoms with Crippen molar-refractivity contribution in [2.75, 3.05) is 26.4 Å². The van der Waals surface area contributed by atoms with E-state index in [1.165, 1.54) is 24.8 Å². The molecule has 2 aliphatic rings. The van der Waals surface area contributed by atoms with E-state index in [1.54, 1.807) is 0 Å². The second kappa shape index (κ2) is 10.7. The van der Waals surface area contributed by atoms with Crippen molar-refractivity contribution in [3.63, 3.8) is 0 Å². The number of carbonyl (C=O) groups is 1. The zero-order chi connectivity index (χ0) is 21.5. The molecule has 0 saturated carbocycles. The minimum Gasteiger partial charge on any atom is -0.454 e. The van der Waals surface area contributed by atoms with Crippen LogP contribution < -0.4 is 9.47 Å². The lowest BCUT2D eigenvalue weighted by Crippen LogP contribution is -2.41. The van der Waals surface area contributed by atoms with Crippen LogP contribution in [0.2, 0.25) is 0 Å². The molecule has 5 nitrogen and oxygen atoms in total. The van der Waals surface area contributed by atoms with Gasteiger partial charge in [-0.15, -0.1) is 0 Å². The number of amides is 1. The van der Waals surface area contributed by atoms with Crippen molar-refractivity contribution < 1.29 is 14.3 Å². The summed E-state index contributed by atoms with van der Waals surface area (Å²) in [5, 5.41) is 0. The maximum atomic E-state index is 13.4. The number of hydrogen-bond donors (Lipinski definition) is 0. The Kier molecular flexibility index (Phi) is 7.47. The first-order valence-corrected chi connectivity index (χ1v) is 11.6. The fraction of sp³-hybridized carbons (Fsp3) is 0.500. The highest BCUT2D eigenvalue weighted by Gasteiger charge is 2.25. The summed E-state index contributed by atoms with van der Waals surface area (Å²) in [6.07, 6.45) is 6.28. The van der Waals surface area contributed by atoms with Gasteiger partial charge in [0.25, 0.3) is 0 Å². The van der Waals surface area contributed by atoms with Crippen molar-refractivity contribution in [1.29, 1.82) is 0 Å². The van der Waals surface area contributed by atoms with Crippen LogP contribution in [0.3, 0.4) is 0 Å². The smallest absolute Gasteiger partial charge is 0.231 e. The molecule has 0 spiro atoms. The molecular formula is C26H34N2O3. The summed E-state index contributed by atoms with van der Waals surface area (Å²) in [7, 11) is 0. The third-order valence-corrected chi connectivity index (χ3v) is 6.46. The van der Waals surface area contributed by atoms with Crippen molar-refractivity contribution in [1.82, 2.24) is 9.80 Å². The average Bonchev–Trinajstić information content (AvgIpc) is 3.30. The zero-order valence-electron chi connectivity index (χ0n) is 18.6. The standard InChI is InChI=1S/C26H34N2O3/c1-21(13-14-22-9-4-2-5-10-22)28(25(29)15-18-27-16-6-3-7-17-27)19-23-11-8-12-24-26(23)31-20-30-24/h2,4-5,8-12,21H,3,6-7,13-20H2,1H3/t21-/m0/s1. The molecule has 166 valence electrons. The van der Waals surface area contributed by atoms with Gasteiger partial charge in [0, 0.05) is 31.1 Å². The lowest BCUT2D eigenvalue weighted by Gasteiger charge is -2.32. The molecule has 0 bridgehead atoms. The lowest BCUT2D eigenvalue weighted by atomic mass is 10.0. The minimum atomic E-state index is 0.146. The molecule has 2 aliphatic heterocycles. The van der Waals surface area contributed by atoms with Crippen molar-refractivity contribution in [2.24, 2.45) is 0 Å². The summed E-state index contributed by atoms with van der Waals surface area (Å²) in [5.41, 5.74) is 2.33. The summed E-state index contributed by atoms with van der Waals surface area (Å²) in [6, 6.07) is 16.6. The van der Waals surface area contributed by atoms with Crippen LogP contribution in [0.5, 0.6) is 11.5 Å². The second-order valence-electron chi connectivity index (χ2n) is 8.70. The first kappa shape index (κ1) is 21.7. The van der Waals surface area contributed by atoms with E-state index in [-0.39, 0.29) is 18.7 Å². The Morgan fingerprint density at radius 3 is 2.65 bits per heavy atom. The number of aryl methyl sites for hydroxylation is 1. The Morgan fingerprint density at radius 2 is 1.84 bits per heavy atom. The fourth-order valence-corrected chi connectivity index (χ4v) is 4.54. The van der Waals surface area contributed by atoms with E-state index in [9.17, 15) is 4.79 Å². The van der Waals surface area contributed by atoms with E-state index in [2.05, 4.69) is 36.1 Å². The number of likely N-dealkylation sites (tertiary alicyclic amines) is 1. The van der Waals surface area contributed by atoms with Crippen molar-refractivity contribution >= 4 is 5.91 Å². The summed E-state index contributed by atoms with van der Waals surface area (Å²) in [4.78, 5) is 17.9. The summed E-state index contributed by atoms with van der Waals surface area (Å²) in [5.74, 6) is 1.78. The molecule has 4 rings (SSSR count). The number of carbonyl (C=O) groups excluding carboxylic acids is 1. The van der Waals surface area contributed by atoms with E-state index in [4.69, 9.17) is 9.47 Å². The largest absolute Gasteiger partial charge is 0.454 e. The van der Waals surface area contributed by atoms with Gasteiger partial charge in [0.15, 0.2) is 11.5 Å². The number of para-hydroxylation sites is 1. The molecule has 1 amide bonds. The van der Waals surface area contributed by atoms with Crippen LogP contribution in [-0.2, 0) is 17.8 Å².